The second-order valence-electron chi connectivity index (χ2n) is 6.05. The van der Waals surface area contributed by atoms with Gasteiger partial charge in [0, 0.05) is 51.1 Å². The highest BCUT2D eigenvalue weighted by Crippen LogP contribution is 2.37. The number of rotatable bonds is 0. The summed E-state index contributed by atoms with van der Waals surface area (Å²) in [6, 6.07) is 0. The fourth-order valence-corrected chi connectivity index (χ4v) is 3.17. The first-order valence-electron chi connectivity index (χ1n) is 6.87. The molecule has 0 bridgehead atoms. The van der Waals surface area contributed by atoms with Crippen LogP contribution in [-0.2, 0) is 9.47 Å². The third-order valence-electron chi connectivity index (χ3n) is 4.79. The van der Waals surface area contributed by atoms with Gasteiger partial charge in [-0.25, -0.2) is 0 Å². The number of nitrogens with zero attached hydrogens (tertiary/aromatic N) is 1. The highest BCUT2D eigenvalue weighted by Gasteiger charge is 2.44. The van der Waals surface area contributed by atoms with Gasteiger partial charge in [-0.3, -0.25) is 5.32 Å². The van der Waals surface area contributed by atoms with E-state index in [1.165, 1.54) is 0 Å². The minimum absolute atomic E-state index is 0.0178. The SMILES string of the molecule is CN1CCC2(CC1)NCC1(CCOCC1)CO2. The molecule has 17 heavy (non-hydrogen) atoms. The number of hydrogen-bond acceptors (Lipinski definition) is 4. The molecular formula is C13H24N2O2. The van der Waals surface area contributed by atoms with Gasteiger partial charge in [-0.05, 0) is 19.9 Å². The number of nitrogens with one attached hydrogen (secondary N) is 1. The molecule has 0 atom stereocenters. The van der Waals surface area contributed by atoms with E-state index in [-0.39, 0.29) is 5.72 Å². The van der Waals surface area contributed by atoms with E-state index in [9.17, 15) is 0 Å². The maximum Gasteiger partial charge on any atom is 0.121 e. The van der Waals surface area contributed by atoms with Gasteiger partial charge in [0.25, 0.3) is 0 Å². The van der Waals surface area contributed by atoms with Crippen molar-refractivity contribution in [1.82, 2.24) is 10.2 Å². The van der Waals surface area contributed by atoms with E-state index >= 15 is 0 Å². The zero-order valence-corrected chi connectivity index (χ0v) is 10.8. The number of piperidine rings is 1. The van der Waals surface area contributed by atoms with Crippen LogP contribution in [0.15, 0.2) is 0 Å². The molecule has 0 aromatic carbocycles. The second-order valence-corrected chi connectivity index (χ2v) is 6.05. The summed E-state index contributed by atoms with van der Waals surface area (Å²) in [7, 11) is 2.19. The van der Waals surface area contributed by atoms with Gasteiger partial charge in [-0.2, -0.15) is 0 Å². The molecule has 2 spiro atoms. The van der Waals surface area contributed by atoms with E-state index in [1.807, 2.05) is 0 Å². The Bertz CT molecular complexity index is 257. The van der Waals surface area contributed by atoms with Crippen LogP contribution >= 0.6 is 0 Å². The van der Waals surface area contributed by atoms with E-state index in [2.05, 4.69) is 17.3 Å². The van der Waals surface area contributed by atoms with Crippen molar-refractivity contribution in [1.29, 1.82) is 0 Å². The maximum absolute atomic E-state index is 6.25. The van der Waals surface area contributed by atoms with Crippen molar-refractivity contribution in [2.75, 3.05) is 46.5 Å². The molecule has 3 aliphatic rings. The molecule has 1 N–H and O–H groups in total. The third-order valence-corrected chi connectivity index (χ3v) is 4.79. The van der Waals surface area contributed by atoms with Crippen LogP contribution in [-0.4, -0.2) is 57.1 Å². The lowest BCUT2D eigenvalue weighted by Crippen LogP contribution is -2.63. The maximum atomic E-state index is 6.25. The molecule has 0 aliphatic carbocycles. The first-order chi connectivity index (χ1) is 8.22. The van der Waals surface area contributed by atoms with Gasteiger partial charge < -0.3 is 14.4 Å². The Morgan fingerprint density at radius 3 is 2.35 bits per heavy atom. The second kappa shape index (κ2) is 4.50. The highest BCUT2D eigenvalue weighted by molar-refractivity contribution is 4.95. The van der Waals surface area contributed by atoms with Crippen LogP contribution in [0.5, 0.6) is 0 Å². The van der Waals surface area contributed by atoms with Crippen molar-refractivity contribution in [2.45, 2.75) is 31.4 Å². The fraction of sp³-hybridized carbons (Fsp3) is 1.00. The summed E-state index contributed by atoms with van der Waals surface area (Å²) in [6.45, 7) is 6.13. The number of ether oxygens (including phenoxy) is 2. The molecule has 0 aromatic heterocycles. The summed E-state index contributed by atoms with van der Waals surface area (Å²) in [6.07, 6.45) is 4.54. The van der Waals surface area contributed by atoms with Crippen molar-refractivity contribution < 1.29 is 9.47 Å². The van der Waals surface area contributed by atoms with Gasteiger partial charge in [0.1, 0.15) is 5.72 Å². The first kappa shape index (κ1) is 11.9. The van der Waals surface area contributed by atoms with E-state index in [0.29, 0.717) is 5.41 Å². The molecule has 4 heteroatoms. The molecule has 0 saturated carbocycles. The van der Waals surface area contributed by atoms with Crippen LogP contribution in [0, 0.1) is 5.41 Å². The molecular weight excluding hydrogens is 216 g/mol. The lowest BCUT2D eigenvalue weighted by Gasteiger charge is -2.51. The summed E-state index contributed by atoms with van der Waals surface area (Å²) in [5.41, 5.74) is 0.336. The van der Waals surface area contributed by atoms with E-state index in [4.69, 9.17) is 9.47 Å². The topological polar surface area (TPSA) is 33.7 Å². The standard InChI is InChI=1S/C13H24N2O2/c1-15-6-2-13(3-7-15)14-10-12(11-17-13)4-8-16-9-5-12/h14H,2-11H2,1H3. The molecule has 0 radical (unpaired) electrons. The predicted molar refractivity (Wildman–Crippen MR) is 65.9 cm³/mol. The van der Waals surface area contributed by atoms with Crippen LogP contribution in [0.4, 0.5) is 0 Å². The first-order valence-corrected chi connectivity index (χ1v) is 6.87. The summed E-state index contributed by atoms with van der Waals surface area (Å²) in [5, 5.41) is 3.71. The summed E-state index contributed by atoms with van der Waals surface area (Å²) < 4.78 is 11.7. The molecule has 3 fully saturated rings. The number of likely N-dealkylation sites (tertiary alicyclic amines) is 1. The van der Waals surface area contributed by atoms with Gasteiger partial charge in [0.15, 0.2) is 0 Å². The molecule has 98 valence electrons. The quantitative estimate of drug-likeness (QED) is 0.680. The molecule has 0 unspecified atom stereocenters. The zero-order chi connectivity index (χ0) is 11.8. The van der Waals surface area contributed by atoms with Crippen LogP contribution in [0.3, 0.4) is 0 Å². The van der Waals surface area contributed by atoms with Crippen molar-refractivity contribution in [3.8, 4) is 0 Å². The van der Waals surface area contributed by atoms with Gasteiger partial charge in [0.05, 0.1) is 6.61 Å². The van der Waals surface area contributed by atoms with Crippen LogP contribution in [0.2, 0.25) is 0 Å². The van der Waals surface area contributed by atoms with Crippen molar-refractivity contribution in [3.05, 3.63) is 0 Å². The van der Waals surface area contributed by atoms with Gasteiger partial charge in [-0.1, -0.05) is 0 Å². The van der Waals surface area contributed by atoms with Crippen LogP contribution < -0.4 is 5.32 Å². The summed E-state index contributed by atoms with van der Waals surface area (Å²) >= 11 is 0. The van der Waals surface area contributed by atoms with Crippen molar-refractivity contribution in [3.63, 3.8) is 0 Å². The Labute approximate surface area is 104 Å². The molecule has 3 rings (SSSR count). The predicted octanol–water partition coefficient (Wildman–Crippen LogP) is 0.825. The Kier molecular flexibility index (Phi) is 3.15. The lowest BCUT2D eigenvalue weighted by molar-refractivity contribution is -0.182. The number of hydrogen-bond donors (Lipinski definition) is 1. The van der Waals surface area contributed by atoms with Gasteiger partial charge >= 0.3 is 0 Å². The normalized spacial score (nSPS) is 33.0. The largest absolute Gasteiger partial charge is 0.381 e. The smallest absolute Gasteiger partial charge is 0.121 e. The molecule has 4 nitrogen and oxygen atoms in total. The minimum Gasteiger partial charge on any atom is -0.381 e. The summed E-state index contributed by atoms with van der Waals surface area (Å²) in [5.74, 6) is 0. The molecule has 0 amide bonds. The van der Waals surface area contributed by atoms with Gasteiger partial charge in [-0.15, -0.1) is 0 Å². The Balaban J connectivity index is 1.59. The van der Waals surface area contributed by atoms with Gasteiger partial charge in [0.2, 0.25) is 0 Å². The Hall–Kier alpha value is -0.160. The minimum atomic E-state index is -0.0178. The molecule has 3 heterocycles. The Morgan fingerprint density at radius 1 is 1.06 bits per heavy atom. The molecule has 3 saturated heterocycles. The Morgan fingerprint density at radius 2 is 1.76 bits per heavy atom. The molecule has 0 aromatic rings. The van der Waals surface area contributed by atoms with Crippen LogP contribution in [0.25, 0.3) is 0 Å². The average Bonchev–Trinajstić information content (AvgIpc) is 2.38. The van der Waals surface area contributed by atoms with Crippen LogP contribution in [0.1, 0.15) is 25.7 Å². The zero-order valence-electron chi connectivity index (χ0n) is 10.8. The average molecular weight is 240 g/mol. The summed E-state index contributed by atoms with van der Waals surface area (Å²) in [4.78, 5) is 2.38. The lowest BCUT2D eigenvalue weighted by atomic mass is 9.78. The van der Waals surface area contributed by atoms with Crippen molar-refractivity contribution in [2.24, 2.45) is 5.41 Å². The highest BCUT2D eigenvalue weighted by atomic mass is 16.5. The van der Waals surface area contributed by atoms with Crippen molar-refractivity contribution >= 4 is 0 Å². The van der Waals surface area contributed by atoms with E-state index < -0.39 is 0 Å². The fourth-order valence-electron chi connectivity index (χ4n) is 3.17. The molecule has 3 aliphatic heterocycles. The third kappa shape index (κ3) is 2.36. The van der Waals surface area contributed by atoms with E-state index in [1.54, 1.807) is 0 Å². The van der Waals surface area contributed by atoms with E-state index in [0.717, 1.165) is 65.1 Å². The monoisotopic (exact) mass is 240 g/mol.